The fourth-order valence-corrected chi connectivity index (χ4v) is 0.458. The molecule has 0 bridgehead atoms. The number of methoxy groups -OCH3 is 1. The molecule has 0 aromatic carbocycles. The standard InChI is InChI=1S/C5H10O3.C4H8O3/c1-5(6)8-4-3-7-2;1-4(6)7-3-2-5/h3-4H2,1-2H3;5H,2-3H2,1H3. The van der Waals surface area contributed by atoms with E-state index in [1.807, 2.05) is 0 Å². The van der Waals surface area contributed by atoms with Crippen LogP contribution in [0.2, 0.25) is 0 Å². The molecule has 90 valence electrons. The van der Waals surface area contributed by atoms with Crippen LogP contribution >= 0.6 is 0 Å². The minimum absolute atomic E-state index is 0.0976. The molecule has 0 spiro atoms. The van der Waals surface area contributed by atoms with Crippen molar-refractivity contribution in [3.63, 3.8) is 0 Å². The average Bonchev–Trinajstić information content (AvgIpc) is 2.15. The highest BCUT2D eigenvalue weighted by Crippen LogP contribution is 1.74. The van der Waals surface area contributed by atoms with E-state index in [2.05, 4.69) is 14.2 Å². The maximum absolute atomic E-state index is 10.0. The highest BCUT2D eigenvalue weighted by atomic mass is 16.6. The van der Waals surface area contributed by atoms with Gasteiger partial charge in [0, 0.05) is 21.0 Å². The van der Waals surface area contributed by atoms with E-state index >= 15 is 0 Å². The normalized spacial score (nSPS) is 8.53. The van der Waals surface area contributed by atoms with Gasteiger partial charge in [0.15, 0.2) is 0 Å². The number of carbonyl (C=O) groups is 2. The summed E-state index contributed by atoms with van der Waals surface area (Å²) >= 11 is 0. The summed E-state index contributed by atoms with van der Waals surface area (Å²) in [5.74, 6) is -0.615. The predicted molar refractivity (Wildman–Crippen MR) is 52.2 cm³/mol. The third kappa shape index (κ3) is 24.6. The first kappa shape index (κ1) is 16.3. The Morgan fingerprint density at radius 1 is 1.00 bits per heavy atom. The van der Waals surface area contributed by atoms with Crippen LogP contribution in [0.15, 0.2) is 0 Å². The fourth-order valence-electron chi connectivity index (χ4n) is 0.458. The van der Waals surface area contributed by atoms with E-state index in [0.29, 0.717) is 13.2 Å². The maximum Gasteiger partial charge on any atom is 0.302 e. The second-order valence-corrected chi connectivity index (χ2v) is 2.40. The number of esters is 2. The number of carbonyl (C=O) groups excluding carboxylic acids is 2. The van der Waals surface area contributed by atoms with Crippen molar-refractivity contribution in [2.75, 3.05) is 33.5 Å². The Morgan fingerprint density at radius 3 is 1.73 bits per heavy atom. The molecule has 0 atom stereocenters. The second-order valence-electron chi connectivity index (χ2n) is 2.40. The van der Waals surface area contributed by atoms with Gasteiger partial charge in [0.05, 0.1) is 13.2 Å². The monoisotopic (exact) mass is 222 g/mol. The smallest absolute Gasteiger partial charge is 0.302 e. The van der Waals surface area contributed by atoms with Crippen molar-refractivity contribution in [3.8, 4) is 0 Å². The molecule has 6 nitrogen and oxygen atoms in total. The molecule has 0 amide bonds. The largest absolute Gasteiger partial charge is 0.463 e. The second kappa shape index (κ2) is 12.9. The summed E-state index contributed by atoms with van der Waals surface area (Å²) in [5, 5.41) is 8.04. The maximum atomic E-state index is 10.0. The first-order chi connectivity index (χ1) is 7.04. The van der Waals surface area contributed by atoms with Crippen LogP contribution in [0, 0.1) is 0 Å². The van der Waals surface area contributed by atoms with Gasteiger partial charge in [0.2, 0.25) is 0 Å². The van der Waals surface area contributed by atoms with Crippen molar-refractivity contribution in [1.82, 2.24) is 0 Å². The summed E-state index contributed by atoms with van der Waals surface area (Å²) in [6.45, 7) is 3.51. The van der Waals surface area contributed by atoms with Crippen molar-refractivity contribution in [3.05, 3.63) is 0 Å². The van der Waals surface area contributed by atoms with Crippen molar-refractivity contribution < 1.29 is 28.9 Å². The summed E-state index contributed by atoms with van der Waals surface area (Å²) in [6.07, 6.45) is 0. The molecule has 0 fully saturated rings. The van der Waals surface area contributed by atoms with E-state index in [1.54, 1.807) is 7.11 Å². The van der Waals surface area contributed by atoms with Crippen LogP contribution in [0.5, 0.6) is 0 Å². The highest BCUT2D eigenvalue weighted by Gasteiger charge is 1.88. The molecule has 1 N–H and O–H groups in total. The van der Waals surface area contributed by atoms with Gasteiger partial charge in [-0.3, -0.25) is 9.59 Å². The molecule has 0 aromatic rings. The van der Waals surface area contributed by atoms with Gasteiger partial charge in [-0.1, -0.05) is 0 Å². The topological polar surface area (TPSA) is 82.1 Å². The Bertz CT molecular complexity index is 168. The van der Waals surface area contributed by atoms with E-state index in [4.69, 9.17) is 5.11 Å². The third-order valence-electron chi connectivity index (χ3n) is 0.989. The van der Waals surface area contributed by atoms with Gasteiger partial charge in [-0.2, -0.15) is 0 Å². The zero-order valence-corrected chi connectivity index (χ0v) is 9.32. The molecule has 0 aromatic heterocycles. The molecule has 15 heavy (non-hydrogen) atoms. The van der Waals surface area contributed by atoms with Gasteiger partial charge in [-0.05, 0) is 0 Å². The lowest BCUT2D eigenvalue weighted by Crippen LogP contribution is -2.05. The van der Waals surface area contributed by atoms with E-state index in [-0.39, 0.29) is 25.2 Å². The minimum atomic E-state index is -0.353. The van der Waals surface area contributed by atoms with Crippen LogP contribution in [0.3, 0.4) is 0 Å². The van der Waals surface area contributed by atoms with Gasteiger partial charge in [0.25, 0.3) is 0 Å². The van der Waals surface area contributed by atoms with Crippen LogP contribution in [-0.4, -0.2) is 50.6 Å². The molecule has 0 unspecified atom stereocenters. The predicted octanol–water partition coefficient (Wildman–Crippen LogP) is -0.262. The summed E-state index contributed by atoms with van der Waals surface area (Å²) in [6, 6.07) is 0. The number of aliphatic hydroxyl groups is 1. The molecule has 0 rings (SSSR count). The van der Waals surface area contributed by atoms with Crippen LogP contribution in [0.4, 0.5) is 0 Å². The lowest BCUT2D eigenvalue weighted by atomic mass is 10.7. The first-order valence-corrected chi connectivity index (χ1v) is 4.41. The number of ether oxygens (including phenoxy) is 3. The highest BCUT2D eigenvalue weighted by molar-refractivity contribution is 5.66. The summed E-state index contributed by atoms with van der Waals surface area (Å²) in [5.41, 5.74) is 0. The van der Waals surface area contributed by atoms with Crippen LogP contribution in [-0.2, 0) is 23.8 Å². The van der Waals surface area contributed by atoms with Crippen LogP contribution in [0.25, 0.3) is 0 Å². The van der Waals surface area contributed by atoms with Crippen LogP contribution < -0.4 is 0 Å². The minimum Gasteiger partial charge on any atom is -0.463 e. The Morgan fingerprint density at radius 2 is 1.47 bits per heavy atom. The molecule has 0 saturated heterocycles. The van der Waals surface area contributed by atoms with Crippen molar-refractivity contribution in [2.45, 2.75) is 13.8 Å². The molecule has 0 saturated carbocycles. The van der Waals surface area contributed by atoms with E-state index < -0.39 is 0 Å². The third-order valence-corrected chi connectivity index (χ3v) is 0.989. The molecular formula is C9H18O6. The van der Waals surface area contributed by atoms with Gasteiger partial charge in [-0.25, -0.2) is 0 Å². The average molecular weight is 222 g/mol. The van der Waals surface area contributed by atoms with Gasteiger partial charge in [0.1, 0.15) is 13.2 Å². The van der Waals surface area contributed by atoms with E-state index in [9.17, 15) is 9.59 Å². The molecule has 0 aliphatic heterocycles. The Kier molecular flexibility index (Phi) is 14.0. The number of rotatable bonds is 5. The lowest BCUT2D eigenvalue weighted by molar-refractivity contribution is -0.142. The molecule has 0 radical (unpaired) electrons. The molecule has 0 heterocycles. The van der Waals surface area contributed by atoms with Gasteiger partial charge in [-0.15, -0.1) is 0 Å². The SMILES string of the molecule is CC(=O)OCCO.COCCOC(C)=O. The van der Waals surface area contributed by atoms with Crippen molar-refractivity contribution in [2.24, 2.45) is 0 Å². The lowest BCUT2D eigenvalue weighted by Gasteiger charge is -1.97. The molecule has 0 aliphatic rings. The quantitative estimate of drug-likeness (QED) is 0.509. The molecule has 0 aliphatic carbocycles. The summed E-state index contributed by atoms with van der Waals surface area (Å²) in [4.78, 5) is 19.9. The zero-order valence-electron chi connectivity index (χ0n) is 9.32. The van der Waals surface area contributed by atoms with E-state index in [0.717, 1.165) is 0 Å². The number of hydrogen-bond acceptors (Lipinski definition) is 6. The summed E-state index contributed by atoms with van der Waals surface area (Å²) < 4.78 is 13.4. The van der Waals surface area contributed by atoms with Gasteiger partial charge < -0.3 is 19.3 Å². The number of aliphatic hydroxyl groups excluding tert-OH is 1. The Hall–Kier alpha value is -1.14. The van der Waals surface area contributed by atoms with Crippen molar-refractivity contribution >= 4 is 11.9 Å². The molecular weight excluding hydrogens is 204 g/mol. The first-order valence-electron chi connectivity index (χ1n) is 4.41. The Balaban J connectivity index is 0. The molecule has 6 heteroatoms. The Labute approximate surface area is 89.1 Å². The zero-order chi connectivity index (χ0) is 12.1. The van der Waals surface area contributed by atoms with Gasteiger partial charge >= 0.3 is 11.9 Å². The van der Waals surface area contributed by atoms with E-state index in [1.165, 1.54) is 13.8 Å². The number of hydrogen-bond donors (Lipinski definition) is 1. The fraction of sp³-hybridized carbons (Fsp3) is 0.778. The summed E-state index contributed by atoms with van der Waals surface area (Å²) in [7, 11) is 1.56. The van der Waals surface area contributed by atoms with Crippen LogP contribution in [0.1, 0.15) is 13.8 Å². The van der Waals surface area contributed by atoms with Crippen molar-refractivity contribution in [1.29, 1.82) is 0 Å².